The minimum Gasteiger partial charge on any atom is -0.465 e. The van der Waals surface area contributed by atoms with Crippen molar-refractivity contribution < 1.29 is 28.0 Å². The second-order valence-electron chi connectivity index (χ2n) is 8.34. The molecule has 2 amide bonds. The van der Waals surface area contributed by atoms with Gasteiger partial charge in [-0.1, -0.05) is 35.5 Å². The van der Waals surface area contributed by atoms with E-state index < -0.39 is 23.8 Å². The van der Waals surface area contributed by atoms with Crippen LogP contribution in [0, 0.1) is 11.6 Å². The summed E-state index contributed by atoms with van der Waals surface area (Å²) in [5.41, 5.74) is 0.815. The molecule has 35 heavy (non-hydrogen) atoms. The van der Waals surface area contributed by atoms with Crippen molar-refractivity contribution in [3.05, 3.63) is 65.7 Å². The van der Waals surface area contributed by atoms with Gasteiger partial charge in [0.05, 0.1) is 0 Å². The molecule has 0 aliphatic carbocycles. The maximum atomic E-state index is 14.1. The van der Waals surface area contributed by atoms with Crippen molar-refractivity contribution in [1.29, 1.82) is 0 Å². The highest BCUT2D eigenvalue weighted by atomic mass is 19.1. The van der Waals surface area contributed by atoms with Crippen molar-refractivity contribution in [3.63, 3.8) is 0 Å². The molecule has 1 aliphatic heterocycles. The number of carbonyl (C=O) groups is 2. The Bertz CT molecular complexity index is 1190. The molecule has 1 aliphatic rings. The molecule has 2 aromatic carbocycles. The van der Waals surface area contributed by atoms with Crippen LogP contribution < -0.4 is 10.6 Å². The van der Waals surface area contributed by atoms with E-state index in [2.05, 4.69) is 20.8 Å². The summed E-state index contributed by atoms with van der Waals surface area (Å²) in [6.07, 6.45) is 0.229. The van der Waals surface area contributed by atoms with Gasteiger partial charge in [0.15, 0.2) is 0 Å². The summed E-state index contributed by atoms with van der Waals surface area (Å²) >= 11 is 0. The molecule has 1 saturated heterocycles. The van der Waals surface area contributed by atoms with Crippen molar-refractivity contribution >= 4 is 18.0 Å². The molecule has 0 unspecified atom stereocenters. The lowest BCUT2D eigenvalue weighted by molar-refractivity contribution is -0.132. The van der Waals surface area contributed by atoms with Crippen LogP contribution in [0.4, 0.5) is 19.6 Å². The number of likely N-dealkylation sites (tertiary alicyclic amines) is 1. The quantitative estimate of drug-likeness (QED) is 0.423. The number of nitrogens with zero attached hydrogens (tertiary/aromatic N) is 3. The van der Waals surface area contributed by atoms with E-state index >= 15 is 0 Å². The van der Waals surface area contributed by atoms with E-state index in [4.69, 9.17) is 4.52 Å². The topological polar surface area (TPSA) is 121 Å². The summed E-state index contributed by atoms with van der Waals surface area (Å²) in [5.74, 6) is -0.845. The molecule has 184 valence electrons. The fraction of sp³-hybridized carbons (Fsp3) is 0.333. The Labute approximate surface area is 200 Å². The van der Waals surface area contributed by atoms with Crippen molar-refractivity contribution in [2.24, 2.45) is 0 Å². The average Bonchev–Trinajstić information content (AvgIpc) is 3.48. The van der Waals surface area contributed by atoms with Gasteiger partial charge >= 0.3 is 12.1 Å². The molecule has 11 heteroatoms. The highest BCUT2D eigenvalue weighted by molar-refractivity contribution is 5.78. The molecule has 0 radical (unpaired) electrons. The van der Waals surface area contributed by atoms with Crippen molar-refractivity contribution in [2.75, 3.05) is 18.4 Å². The zero-order chi connectivity index (χ0) is 24.8. The van der Waals surface area contributed by atoms with Crippen LogP contribution in [0.1, 0.15) is 24.8 Å². The molecule has 9 nitrogen and oxygen atoms in total. The molecule has 0 bridgehead atoms. The van der Waals surface area contributed by atoms with E-state index in [0.29, 0.717) is 24.2 Å². The number of hydrogen-bond donors (Lipinski definition) is 3. The van der Waals surface area contributed by atoms with Crippen molar-refractivity contribution in [1.82, 2.24) is 20.4 Å². The average molecular weight is 485 g/mol. The molecule has 0 saturated carbocycles. The van der Waals surface area contributed by atoms with Gasteiger partial charge in [-0.05, 0) is 43.0 Å². The number of aromatic nitrogens is 2. The Kier molecular flexibility index (Phi) is 7.54. The van der Waals surface area contributed by atoms with Crippen molar-refractivity contribution in [3.8, 4) is 11.4 Å². The molecule has 3 N–H and O–H groups in total. The third-order valence-electron chi connectivity index (χ3n) is 5.87. The third-order valence-corrected chi connectivity index (χ3v) is 5.87. The zero-order valence-electron chi connectivity index (χ0n) is 18.8. The number of hydrogen-bond acceptors (Lipinski definition) is 6. The van der Waals surface area contributed by atoms with Crippen LogP contribution in [-0.2, 0) is 11.2 Å². The van der Waals surface area contributed by atoms with Gasteiger partial charge in [0, 0.05) is 37.2 Å². The van der Waals surface area contributed by atoms with Gasteiger partial charge in [-0.2, -0.15) is 4.98 Å². The summed E-state index contributed by atoms with van der Waals surface area (Å²) in [6, 6.07) is 11.1. The lowest BCUT2D eigenvalue weighted by atomic mass is 10.0. The summed E-state index contributed by atoms with van der Waals surface area (Å²) < 4.78 is 32.7. The molecular weight excluding hydrogens is 460 g/mol. The van der Waals surface area contributed by atoms with Gasteiger partial charge < -0.3 is 25.2 Å². The highest BCUT2D eigenvalue weighted by Crippen LogP contribution is 2.22. The lowest BCUT2D eigenvalue weighted by Gasteiger charge is -2.27. The molecule has 0 spiro atoms. The van der Waals surface area contributed by atoms with Crippen LogP contribution in [0.25, 0.3) is 11.4 Å². The number of halogens is 2. The first-order valence-corrected chi connectivity index (χ1v) is 11.2. The second kappa shape index (κ2) is 10.9. The van der Waals surface area contributed by atoms with E-state index in [1.807, 2.05) is 0 Å². The Hall–Kier alpha value is -4.02. The van der Waals surface area contributed by atoms with Crippen LogP contribution >= 0.6 is 0 Å². The smallest absolute Gasteiger partial charge is 0.404 e. The Morgan fingerprint density at radius 3 is 2.80 bits per heavy atom. The van der Waals surface area contributed by atoms with Gasteiger partial charge in [0.1, 0.15) is 11.6 Å². The summed E-state index contributed by atoms with van der Waals surface area (Å²) in [6.45, 7) is 0.879. The van der Waals surface area contributed by atoms with Gasteiger partial charge in [0.25, 0.3) is 0 Å². The predicted molar refractivity (Wildman–Crippen MR) is 123 cm³/mol. The number of carboxylic acid groups (broad SMARTS) is 1. The molecule has 4 rings (SSSR count). The predicted octanol–water partition coefficient (Wildman–Crippen LogP) is 3.69. The monoisotopic (exact) mass is 485 g/mol. The van der Waals surface area contributed by atoms with Gasteiger partial charge in [0.2, 0.25) is 11.7 Å². The first-order valence-electron chi connectivity index (χ1n) is 11.2. The van der Waals surface area contributed by atoms with Crippen LogP contribution in [0.2, 0.25) is 0 Å². The summed E-state index contributed by atoms with van der Waals surface area (Å²) in [7, 11) is 0. The summed E-state index contributed by atoms with van der Waals surface area (Å²) in [4.78, 5) is 30.2. The van der Waals surface area contributed by atoms with Gasteiger partial charge in [-0.15, -0.1) is 0 Å². The maximum Gasteiger partial charge on any atom is 0.404 e. The first-order chi connectivity index (χ1) is 16.9. The Morgan fingerprint density at radius 1 is 1.20 bits per heavy atom. The molecule has 1 fully saturated rings. The first kappa shape index (κ1) is 24.1. The zero-order valence-corrected chi connectivity index (χ0v) is 18.8. The Morgan fingerprint density at radius 2 is 2.03 bits per heavy atom. The van der Waals surface area contributed by atoms with E-state index in [1.165, 1.54) is 18.2 Å². The van der Waals surface area contributed by atoms with E-state index in [-0.39, 0.29) is 36.6 Å². The third kappa shape index (κ3) is 6.31. The molecular formula is C24H25F2N5O4. The van der Waals surface area contributed by atoms with Crippen molar-refractivity contribution in [2.45, 2.75) is 37.8 Å². The Balaban J connectivity index is 1.36. The molecule has 3 aromatic rings. The van der Waals surface area contributed by atoms with Crippen LogP contribution in [0.3, 0.4) is 0 Å². The number of benzene rings is 2. The maximum absolute atomic E-state index is 14.1. The second-order valence-corrected chi connectivity index (χ2v) is 8.34. The minimum absolute atomic E-state index is 0.0618. The van der Waals surface area contributed by atoms with Crippen LogP contribution in [-0.4, -0.2) is 57.3 Å². The SMILES string of the molecule is O=C(O)N[C@@H](CC(=O)N1CCC[C@H]1CNc1nc(-c2cccc(F)c2)no1)Cc1ccccc1F. The minimum atomic E-state index is -1.27. The highest BCUT2D eigenvalue weighted by Gasteiger charge is 2.31. The molecule has 2 atom stereocenters. The van der Waals surface area contributed by atoms with E-state index in [0.717, 1.165) is 12.8 Å². The number of carbonyl (C=O) groups excluding carboxylic acids is 1. The number of amides is 2. The number of rotatable bonds is 9. The van der Waals surface area contributed by atoms with Gasteiger partial charge in [-0.3, -0.25) is 4.79 Å². The fourth-order valence-electron chi connectivity index (χ4n) is 4.23. The molecule has 1 aromatic heterocycles. The number of nitrogens with one attached hydrogen (secondary N) is 2. The molecule has 2 heterocycles. The van der Waals surface area contributed by atoms with Gasteiger partial charge in [-0.25, -0.2) is 13.6 Å². The summed E-state index contributed by atoms with van der Waals surface area (Å²) in [5, 5.41) is 18.4. The fourth-order valence-corrected chi connectivity index (χ4v) is 4.23. The van der Waals surface area contributed by atoms with E-state index in [9.17, 15) is 23.5 Å². The van der Waals surface area contributed by atoms with Crippen LogP contribution in [0.5, 0.6) is 0 Å². The lowest BCUT2D eigenvalue weighted by Crippen LogP contribution is -2.44. The largest absolute Gasteiger partial charge is 0.465 e. The van der Waals surface area contributed by atoms with Crippen LogP contribution in [0.15, 0.2) is 53.1 Å². The standard InChI is InChI=1S/C24H25F2N5O4/c25-17-7-3-6-16(11-17)22-29-23(35-30-22)27-14-19-8-4-10-31(19)21(32)13-18(28-24(33)34)12-15-5-1-2-9-20(15)26/h1-3,5-7,9,11,18-19,28H,4,8,10,12-14H2,(H,33,34)(H,27,29,30)/t18-,19+/m1/s1. The van der Waals surface area contributed by atoms with E-state index in [1.54, 1.807) is 35.2 Å². The normalized spacial score (nSPS) is 16.2. The number of anilines is 1.